The summed E-state index contributed by atoms with van der Waals surface area (Å²) in [6.45, 7) is 0. The fourth-order valence-corrected chi connectivity index (χ4v) is 2.53. The lowest BCUT2D eigenvalue weighted by atomic mass is 9.96. The lowest BCUT2D eigenvalue weighted by molar-refractivity contribution is -0.396. The number of hydrogen-bond acceptors (Lipinski definition) is 0. The van der Waals surface area contributed by atoms with Crippen molar-refractivity contribution in [2.24, 2.45) is 0 Å². The van der Waals surface area contributed by atoms with Crippen molar-refractivity contribution in [1.29, 1.82) is 0 Å². The van der Waals surface area contributed by atoms with Crippen LogP contribution in [0.15, 0.2) is 0 Å². The van der Waals surface area contributed by atoms with E-state index in [4.69, 9.17) is 0 Å². The van der Waals surface area contributed by atoms with Crippen molar-refractivity contribution in [3.8, 4) is 0 Å². The molecule has 0 spiro atoms. The molecule has 0 saturated carbocycles. The average Bonchev–Trinajstić information content (AvgIpc) is 2.61. The number of halogens is 18. The molecule has 0 heterocycles. The maximum atomic E-state index is 13.3. The van der Waals surface area contributed by atoms with Gasteiger partial charge in [0.05, 0.1) is 0 Å². The van der Waals surface area contributed by atoms with Crippen LogP contribution in [0, 0.1) is 0 Å². The van der Waals surface area contributed by atoms with Gasteiger partial charge in [-0.1, -0.05) is 25.7 Å². The van der Waals surface area contributed by atoms with Crippen LogP contribution in [0.5, 0.6) is 0 Å². The van der Waals surface area contributed by atoms with Gasteiger partial charge in [0, 0.05) is 12.8 Å². The zero-order valence-corrected chi connectivity index (χ0v) is 16.5. The maximum absolute atomic E-state index is 13.3. The molecule has 0 aliphatic heterocycles. The molecule has 34 heavy (non-hydrogen) atoms. The van der Waals surface area contributed by atoms with Crippen LogP contribution in [-0.4, -0.2) is 47.9 Å². The minimum Gasteiger partial charge on any atom is -0.200 e. The third-order valence-corrected chi connectivity index (χ3v) is 4.65. The van der Waals surface area contributed by atoms with Gasteiger partial charge >= 0.3 is 47.9 Å². The minimum absolute atomic E-state index is 0.349. The molecule has 0 N–H and O–H groups in total. The Kier molecular flexibility index (Phi) is 9.64. The molecule has 206 valence electrons. The van der Waals surface area contributed by atoms with Gasteiger partial charge in [-0.2, -0.15) is 79.0 Å². The van der Waals surface area contributed by atoms with Crippen molar-refractivity contribution < 1.29 is 79.0 Å². The van der Waals surface area contributed by atoms with Crippen molar-refractivity contribution in [2.75, 3.05) is 0 Å². The standard InChI is InChI=1S/C16H16F18/c17-9(18,11(21,22)13(25,26)15(29,30)31)7-5-3-1-2-4-6-8-10(19,20)12(23,24)14(27,28)16(32,33)34/h1-8H2. The van der Waals surface area contributed by atoms with Crippen molar-refractivity contribution in [3.63, 3.8) is 0 Å². The number of rotatable bonds is 13. The topological polar surface area (TPSA) is 0 Å². The monoisotopic (exact) mass is 550 g/mol. The molecule has 0 nitrogen and oxygen atoms in total. The fourth-order valence-electron chi connectivity index (χ4n) is 2.53. The van der Waals surface area contributed by atoms with E-state index in [1.807, 2.05) is 0 Å². The molecule has 0 aliphatic rings. The van der Waals surface area contributed by atoms with Crippen molar-refractivity contribution in [2.45, 2.75) is 99.3 Å². The molecule has 0 rings (SSSR count). The summed E-state index contributed by atoms with van der Waals surface area (Å²) in [4.78, 5) is 0. The molecule has 0 aliphatic carbocycles. The normalized spacial score (nSPS) is 15.7. The van der Waals surface area contributed by atoms with E-state index in [1.54, 1.807) is 0 Å². The molecular formula is C16H16F18. The van der Waals surface area contributed by atoms with Gasteiger partial charge in [-0.25, -0.2) is 0 Å². The summed E-state index contributed by atoms with van der Waals surface area (Å²) >= 11 is 0. The molecule has 0 aromatic carbocycles. The first-order valence-electron chi connectivity index (χ1n) is 9.11. The molecule has 0 bridgehead atoms. The van der Waals surface area contributed by atoms with Gasteiger partial charge in [0.1, 0.15) is 0 Å². The lowest BCUT2D eigenvalue weighted by Crippen LogP contribution is -2.60. The Labute approximate surface area is 179 Å². The van der Waals surface area contributed by atoms with E-state index in [2.05, 4.69) is 0 Å². The summed E-state index contributed by atoms with van der Waals surface area (Å²) in [6.07, 6.45) is -22.2. The molecule has 0 unspecified atom stereocenters. The Hall–Kier alpha value is -1.26. The first-order chi connectivity index (χ1) is 14.7. The third-order valence-electron chi connectivity index (χ3n) is 4.65. The predicted octanol–water partition coefficient (Wildman–Crippen LogP) is 9.04. The SMILES string of the molecule is FC(F)(F)C(F)(F)C(F)(F)C(F)(F)CCCCCCCCC(F)(F)C(F)(F)C(F)(F)C(F)(F)F. The second-order valence-corrected chi connectivity index (χ2v) is 7.32. The molecule has 0 fully saturated rings. The van der Waals surface area contributed by atoms with Crippen LogP contribution in [-0.2, 0) is 0 Å². The Bertz CT molecular complexity index is 585. The minimum atomic E-state index is -7.06. The fraction of sp³-hybridized carbons (Fsp3) is 1.00. The smallest absolute Gasteiger partial charge is 0.200 e. The Morgan fingerprint density at radius 2 is 0.471 bits per heavy atom. The molecule has 0 atom stereocenters. The van der Waals surface area contributed by atoms with E-state index in [0.29, 0.717) is 0 Å². The van der Waals surface area contributed by atoms with Crippen LogP contribution in [0.2, 0.25) is 0 Å². The summed E-state index contributed by atoms with van der Waals surface area (Å²) in [5.41, 5.74) is 0. The van der Waals surface area contributed by atoms with Crippen LogP contribution >= 0.6 is 0 Å². The van der Waals surface area contributed by atoms with Crippen LogP contribution in [0.4, 0.5) is 79.0 Å². The highest BCUT2D eigenvalue weighted by molar-refractivity contribution is 5.01. The van der Waals surface area contributed by atoms with Crippen LogP contribution < -0.4 is 0 Å². The second kappa shape index (κ2) is 10.0. The van der Waals surface area contributed by atoms with Gasteiger partial charge in [-0.05, 0) is 12.8 Å². The molecule has 0 aromatic heterocycles. The van der Waals surface area contributed by atoms with E-state index in [0.717, 1.165) is 0 Å². The largest absolute Gasteiger partial charge is 0.460 e. The molecule has 0 saturated heterocycles. The predicted molar refractivity (Wildman–Crippen MR) is 78.7 cm³/mol. The Morgan fingerprint density at radius 1 is 0.265 bits per heavy atom. The zero-order chi connectivity index (χ0) is 27.7. The number of alkyl halides is 18. The number of hydrogen-bond donors (Lipinski definition) is 0. The molecular weight excluding hydrogens is 534 g/mol. The van der Waals surface area contributed by atoms with E-state index < -0.39 is 86.4 Å². The average molecular weight is 550 g/mol. The molecule has 0 radical (unpaired) electrons. The van der Waals surface area contributed by atoms with E-state index in [-0.39, 0.29) is 12.8 Å². The van der Waals surface area contributed by atoms with Crippen molar-refractivity contribution in [1.82, 2.24) is 0 Å². The highest BCUT2D eigenvalue weighted by Gasteiger charge is 2.82. The van der Waals surface area contributed by atoms with Gasteiger partial charge in [0.25, 0.3) is 0 Å². The zero-order valence-electron chi connectivity index (χ0n) is 16.5. The third kappa shape index (κ3) is 6.29. The van der Waals surface area contributed by atoms with Gasteiger partial charge < -0.3 is 0 Å². The van der Waals surface area contributed by atoms with Gasteiger partial charge in [-0.15, -0.1) is 0 Å². The quantitative estimate of drug-likeness (QED) is 0.159. The summed E-state index contributed by atoms with van der Waals surface area (Å²) < 4.78 is 227. The summed E-state index contributed by atoms with van der Waals surface area (Å²) in [7, 11) is 0. The van der Waals surface area contributed by atoms with E-state index in [1.165, 1.54) is 0 Å². The van der Waals surface area contributed by atoms with Crippen LogP contribution in [0.3, 0.4) is 0 Å². The lowest BCUT2D eigenvalue weighted by Gasteiger charge is -2.33. The highest BCUT2D eigenvalue weighted by Crippen LogP contribution is 2.55. The van der Waals surface area contributed by atoms with Gasteiger partial charge in [0.15, 0.2) is 0 Å². The highest BCUT2D eigenvalue weighted by atomic mass is 19.4. The first-order valence-corrected chi connectivity index (χ1v) is 9.11. The second-order valence-electron chi connectivity index (χ2n) is 7.32. The Morgan fingerprint density at radius 3 is 0.676 bits per heavy atom. The first kappa shape index (κ1) is 32.7. The Balaban J connectivity index is 4.63. The van der Waals surface area contributed by atoms with Gasteiger partial charge in [-0.3, -0.25) is 0 Å². The summed E-state index contributed by atoms with van der Waals surface area (Å²) in [5, 5.41) is 0. The molecule has 0 amide bonds. The maximum Gasteiger partial charge on any atom is 0.460 e. The van der Waals surface area contributed by atoms with E-state index in [9.17, 15) is 79.0 Å². The van der Waals surface area contributed by atoms with Crippen molar-refractivity contribution in [3.05, 3.63) is 0 Å². The molecule has 18 heteroatoms. The van der Waals surface area contributed by atoms with Crippen LogP contribution in [0.25, 0.3) is 0 Å². The van der Waals surface area contributed by atoms with E-state index >= 15 is 0 Å². The van der Waals surface area contributed by atoms with Crippen molar-refractivity contribution >= 4 is 0 Å². The van der Waals surface area contributed by atoms with Crippen LogP contribution in [0.1, 0.15) is 51.4 Å². The molecule has 0 aromatic rings. The summed E-state index contributed by atoms with van der Waals surface area (Å²) in [6, 6.07) is 0. The summed E-state index contributed by atoms with van der Waals surface area (Å²) in [5.74, 6) is -39.3. The van der Waals surface area contributed by atoms with Gasteiger partial charge in [0.2, 0.25) is 0 Å². The number of unbranched alkanes of at least 4 members (excludes halogenated alkanes) is 5.